The van der Waals surface area contributed by atoms with Crippen molar-refractivity contribution in [3.63, 3.8) is 0 Å². The summed E-state index contributed by atoms with van der Waals surface area (Å²) in [6, 6.07) is 0. The predicted octanol–water partition coefficient (Wildman–Crippen LogP) is 0.714. The molecule has 0 aliphatic heterocycles. The third kappa shape index (κ3) is 6.50. The monoisotopic (exact) mass is 196 g/mol. The maximum atomic E-state index is 11.2. The molecule has 0 saturated heterocycles. The first-order valence-corrected chi connectivity index (χ1v) is 4.98. The molecule has 0 aliphatic carbocycles. The summed E-state index contributed by atoms with van der Waals surface area (Å²) < 4.78 is 0. The zero-order valence-electron chi connectivity index (χ0n) is 9.34. The predicted molar refractivity (Wildman–Crippen MR) is 58.8 cm³/mol. The van der Waals surface area contributed by atoms with Crippen LogP contribution in [0.15, 0.2) is 0 Å². The van der Waals surface area contributed by atoms with Crippen molar-refractivity contribution in [2.45, 2.75) is 20.3 Å². The first kappa shape index (κ1) is 13.0. The van der Waals surface area contributed by atoms with Crippen molar-refractivity contribution in [2.24, 2.45) is 5.92 Å². The van der Waals surface area contributed by atoms with Crippen LogP contribution in [0.3, 0.4) is 0 Å². The topological polar surface area (TPSA) is 32.3 Å². The fourth-order valence-corrected chi connectivity index (χ4v) is 1.18. The lowest BCUT2D eigenvalue weighted by molar-refractivity contribution is -0.121. The number of rotatable bonds is 6. The Hall–Kier alpha value is -1.01. The molecule has 1 atom stereocenters. The van der Waals surface area contributed by atoms with Gasteiger partial charge in [0.25, 0.3) is 0 Å². The molecule has 0 radical (unpaired) electrons. The molecule has 80 valence electrons. The van der Waals surface area contributed by atoms with Gasteiger partial charge >= 0.3 is 0 Å². The molecule has 0 saturated carbocycles. The number of terminal acetylenes is 1. The highest BCUT2D eigenvalue weighted by atomic mass is 16.1. The van der Waals surface area contributed by atoms with Crippen molar-refractivity contribution in [1.29, 1.82) is 0 Å². The summed E-state index contributed by atoms with van der Waals surface area (Å²) in [5.74, 6) is 2.99. The molecule has 3 heteroatoms. The van der Waals surface area contributed by atoms with Gasteiger partial charge in [-0.3, -0.25) is 9.69 Å². The molecule has 1 unspecified atom stereocenters. The van der Waals surface area contributed by atoms with Crippen molar-refractivity contribution >= 4 is 5.91 Å². The highest BCUT2D eigenvalue weighted by molar-refractivity contribution is 5.78. The van der Waals surface area contributed by atoms with E-state index in [1.807, 2.05) is 11.9 Å². The standard InChI is InChI=1S/C11H20N2O/c1-5-7-12-11(14)9-13(4)8-10(3)6-2/h1,10H,6-9H2,2-4H3,(H,12,14). The number of carbonyl (C=O) groups excluding carboxylic acids is 1. The van der Waals surface area contributed by atoms with E-state index in [0.717, 1.165) is 13.0 Å². The van der Waals surface area contributed by atoms with Crippen LogP contribution in [0, 0.1) is 18.3 Å². The number of likely N-dealkylation sites (N-methyl/N-ethyl adjacent to an activating group) is 1. The number of amides is 1. The van der Waals surface area contributed by atoms with Crippen molar-refractivity contribution in [3.8, 4) is 12.3 Å². The van der Waals surface area contributed by atoms with E-state index in [-0.39, 0.29) is 5.91 Å². The Morgan fingerprint density at radius 1 is 1.64 bits per heavy atom. The first-order chi connectivity index (χ1) is 6.60. The highest BCUT2D eigenvalue weighted by Gasteiger charge is 2.08. The van der Waals surface area contributed by atoms with Crippen LogP contribution in [0.25, 0.3) is 0 Å². The van der Waals surface area contributed by atoms with Gasteiger partial charge in [-0.25, -0.2) is 0 Å². The molecule has 0 aliphatic rings. The summed E-state index contributed by atoms with van der Waals surface area (Å²) in [6.45, 7) is 6.01. The zero-order chi connectivity index (χ0) is 11.0. The maximum Gasteiger partial charge on any atom is 0.234 e. The molecule has 0 bridgehead atoms. The minimum absolute atomic E-state index is 0.00578. The number of nitrogens with zero attached hydrogens (tertiary/aromatic N) is 1. The van der Waals surface area contributed by atoms with Crippen LogP contribution in [0.1, 0.15) is 20.3 Å². The van der Waals surface area contributed by atoms with E-state index >= 15 is 0 Å². The molecule has 0 fully saturated rings. The smallest absolute Gasteiger partial charge is 0.234 e. The molecular formula is C11H20N2O. The molecular weight excluding hydrogens is 176 g/mol. The van der Waals surface area contributed by atoms with Crippen molar-refractivity contribution in [3.05, 3.63) is 0 Å². The summed E-state index contributed by atoms with van der Waals surface area (Å²) in [6.07, 6.45) is 6.17. The van der Waals surface area contributed by atoms with E-state index in [1.165, 1.54) is 0 Å². The second kappa shape index (κ2) is 7.40. The third-order valence-corrected chi connectivity index (χ3v) is 2.12. The van der Waals surface area contributed by atoms with Gasteiger partial charge in [0.2, 0.25) is 5.91 Å². The Kier molecular flexibility index (Phi) is 6.87. The average molecular weight is 196 g/mol. The minimum atomic E-state index is -0.00578. The number of hydrogen-bond donors (Lipinski definition) is 1. The van der Waals surface area contributed by atoms with Crippen LogP contribution < -0.4 is 5.32 Å². The van der Waals surface area contributed by atoms with Crippen molar-refractivity contribution in [1.82, 2.24) is 10.2 Å². The molecule has 0 heterocycles. The molecule has 0 spiro atoms. The van der Waals surface area contributed by atoms with Crippen molar-refractivity contribution in [2.75, 3.05) is 26.7 Å². The zero-order valence-corrected chi connectivity index (χ0v) is 9.34. The SMILES string of the molecule is C#CCNC(=O)CN(C)CC(C)CC. The lowest BCUT2D eigenvalue weighted by atomic mass is 10.1. The van der Waals surface area contributed by atoms with Gasteiger partial charge in [0, 0.05) is 6.54 Å². The first-order valence-electron chi connectivity index (χ1n) is 4.98. The van der Waals surface area contributed by atoms with E-state index in [2.05, 4.69) is 25.1 Å². The Labute approximate surface area is 86.9 Å². The fraction of sp³-hybridized carbons (Fsp3) is 0.727. The number of carbonyl (C=O) groups is 1. The van der Waals surface area contributed by atoms with Gasteiger partial charge < -0.3 is 5.32 Å². The summed E-state index contributed by atoms with van der Waals surface area (Å²) in [4.78, 5) is 13.2. The molecule has 0 aromatic rings. The highest BCUT2D eigenvalue weighted by Crippen LogP contribution is 2.01. The van der Waals surface area contributed by atoms with Crippen LogP contribution in [-0.2, 0) is 4.79 Å². The minimum Gasteiger partial charge on any atom is -0.344 e. The lowest BCUT2D eigenvalue weighted by Crippen LogP contribution is -2.37. The van der Waals surface area contributed by atoms with E-state index in [0.29, 0.717) is 19.0 Å². The Balaban J connectivity index is 3.66. The summed E-state index contributed by atoms with van der Waals surface area (Å²) in [5.41, 5.74) is 0. The maximum absolute atomic E-state index is 11.2. The largest absolute Gasteiger partial charge is 0.344 e. The van der Waals surface area contributed by atoms with Crippen LogP contribution in [0.4, 0.5) is 0 Å². The second-order valence-corrected chi connectivity index (χ2v) is 3.69. The molecule has 1 amide bonds. The van der Waals surface area contributed by atoms with Gasteiger partial charge in [0.05, 0.1) is 13.1 Å². The molecule has 0 aromatic heterocycles. The van der Waals surface area contributed by atoms with Gasteiger partial charge in [-0.15, -0.1) is 6.42 Å². The van der Waals surface area contributed by atoms with Gasteiger partial charge in [-0.05, 0) is 13.0 Å². The van der Waals surface area contributed by atoms with E-state index in [9.17, 15) is 4.79 Å². The van der Waals surface area contributed by atoms with Crippen molar-refractivity contribution < 1.29 is 4.79 Å². The lowest BCUT2D eigenvalue weighted by Gasteiger charge is -2.19. The molecule has 14 heavy (non-hydrogen) atoms. The van der Waals surface area contributed by atoms with Gasteiger partial charge in [-0.2, -0.15) is 0 Å². The molecule has 1 N–H and O–H groups in total. The quantitative estimate of drug-likeness (QED) is 0.635. The van der Waals surface area contributed by atoms with E-state index < -0.39 is 0 Å². The van der Waals surface area contributed by atoms with E-state index in [4.69, 9.17) is 6.42 Å². The van der Waals surface area contributed by atoms with Gasteiger partial charge in [-0.1, -0.05) is 26.2 Å². The van der Waals surface area contributed by atoms with Crippen LogP contribution in [-0.4, -0.2) is 37.5 Å². The number of nitrogens with one attached hydrogen (secondary N) is 1. The Morgan fingerprint density at radius 2 is 2.29 bits per heavy atom. The summed E-state index contributed by atoms with van der Waals surface area (Å²) >= 11 is 0. The van der Waals surface area contributed by atoms with Crippen LogP contribution >= 0.6 is 0 Å². The average Bonchev–Trinajstić information content (AvgIpc) is 2.14. The molecule has 0 aromatic carbocycles. The summed E-state index contributed by atoms with van der Waals surface area (Å²) in [5, 5.41) is 2.64. The fourth-order valence-electron chi connectivity index (χ4n) is 1.18. The van der Waals surface area contributed by atoms with Gasteiger partial charge in [0.15, 0.2) is 0 Å². The number of hydrogen-bond acceptors (Lipinski definition) is 2. The van der Waals surface area contributed by atoms with Crippen LogP contribution in [0.5, 0.6) is 0 Å². The Morgan fingerprint density at radius 3 is 2.79 bits per heavy atom. The Bertz CT molecular complexity index is 208. The molecule has 0 rings (SSSR count). The third-order valence-electron chi connectivity index (χ3n) is 2.12. The van der Waals surface area contributed by atoms with Gasteiger partial charge in [0.1, 0.15) is 0 Å². The second-order valence-electron chi connectivity index (χ2n) is 3.69. The van der Waals surface area contributed by atoms with E-state index in [1.54, 1.807) is 0 Å². The molecule has 3 nitrogen and oxygen atoms in total. The van der Waals surface area contributed by atoms with Crippen LogP contribution in [0.2, 0.25) is 0 Å². The normalized spacial score (nSPS) is 12.2. The summed E-state index contributed by atoms with van der Waals surface area (Å²) in [7, 11) is 1.95.